The maximum Gasteiger partial charge on any atom is 0.239 e. The van der Waals surface area contributed by atoms with Gasteiger partial charge in [0.25, 0.3) is 0 Å². The summed E-state index contributed by atoms with van der Waals surface area (Å²) in [7, 11) is 0. The molecule has 1 amide bonds. The van der Waals surface area contributed by atoms with Crippen LogP contribution in [0.2, 0.25) is 5.02 Å². The molecule has 0 aliphatic heterocycles. The van der Waals surface area contributed by atoms with Gasteiger partial charge in [0.05, 0.1) is 23.5 Å². The Morgan fingerprint density at radius 3 is 2.52 bits per heavy atom. The minimum absolute atomic E-state index is 0.174. The second kappa shape index (κ2) is 9.30. The highest BCUT2D eigenvalue weighted by atomic mass is 35.5. The van der Waals surface area contributed by atoms with E-state index in [1.165, 1.54) is 23.1 Å². The fraction of sp³-hybridized carbons (Fsp3) is 0.0870. The molecule has 2 N–H and O–H groups in total. The van der Waals surface area contributed by atoms with Crippen LogP contribution < -0.4 is 5.32 Å². The summed E-state index contributed by atoms with van der Waals surface area (Å²) in [5.41, 5.74) is 3.03. The number of rotatable bonds is 7. The van der Waals surface area contributed by atoms with E-state index in [1.807, 2.05) is 48.7 Å². The van der Waals surface area contributed by atoms with Crippen LogP contribution in [0, 0.1) is 0 Å². The van der Waals surface area contributed by atoms with Gasteiger partial charge in [0.15, 0.2) is 21.8 Å². The van der Waals surface area contributed by atoms with Gasteiger partial charge >= 0.3 is 0 Å². The predicted molar refractivity (Wildman–Crippen MR) is 131 cm³/mol. The van der Waals surface area contributed by atoms with E-state index in [0.29, 0.717) is 38.2 Å². The SMILES string of the molecule is CC(Sc1nc(-c2ccco2)c(-c2ccco2)[nH]1)C(=O)Nc1nc(-c2ccc(Cl)cc2)cs1. The van der Waals surface area contributed by atoms with Crippen LogP contribution in [0.25, 0.3) is 34.2 Å². The van der Waals surface area contributed by atoms with Crippen LogP contribution in [0.1, 0.15) is 6.92 Å². The maximum atomic E-state index is 12.8. The van der Waals surface area contributed by atoms with Crippen LogP contribution in [0.4, 0.5) is 5.13 Å². The van der Waals surface area contributed by atoms with Gasteiger partial charge < -0.3 is 19.1 Å². The van der Waals surface area contributed by atoms with Crippen molar-refractivity contribution in [1.29, 1.82) is 0 Å². The van der Waals surface area contributed by atoms with Gasteiger partial charge in [-0.05, 0) is 43.3 Å². The minimum Gasteiger partial charge on any atom is -0.463 e. The lowest BCUT2D eigenvalue weighted by molar-refractivity contribution is -0.115. The zero-order valence-corrected chi connectivity index (χ0v) is 19.6. The average Bonchev–Trinajstić information content (AvgIpc) is 3.61. The number of H-pyrrole nitrogens is 1. The van der Waals surface area contributed by atoms with Crippen LogP contribution >= 0.6 is 34.7 Å². The van der Waals surface area contributed by atoms with Crippen molar-refractivity contribution in [2.24, 2.45) is 0 Å². The van der Waals surface area contributed by atoms with Crippen LogP contribution in [-0.2, 0) is 4.79 Å². The number of carbonyl (C=O) groups excluding carboxylic acids is 1. The first-order chi connectivity index (χ1) is 16.1. The summed E-state index contributed by atoms with van der Waals surface area (Å²) in [5, 5.41) is 6.13. The van der Waals surface area contributed by atoms with E-state index in [0.717, 1.165) is 11.3 Å². The number of imidazole rings is 1. The number of benzene rings is 1. The zero-order valence-electron chi connectivity index (χ0n) is 17.2. The molecule has 5 aromatic rings. The summed E-state index contributed by atoms with van der Waals surface area (Å²) in [5.74, 6) is 1.07. The fourth-order valence-electron chi connectivity index (χ4n) is 3.11. The van der Waals surface area contributed by atoms with Crippen molar-refractivity contribution in [1.82, 2.24) is 15.0 Å². The number of halogens is 1. The number of thioether (sulfide) groups is 1. The molecule has 1 atom stereocenters. The first kappa shape index (κ1) is 21.6. The number of nitrogens with one attached hydrogen (secondary N) is 2. The molecule has 0 spiro atoms. The van der Waals surface area contributed by atoms with Gasteiger partial charge in [-0.1, -0.05) is 35.5 Å². The third-order valence-corrected chi connectivity index (χ3v) is 6.73. The van der Waals surface area contributed by atoms with Crippen molar-refractivity contribution in [3.63, 3.8) is 0 Å². The van der Waals surface area contributed by atoms with Crippen molar-refractivity contribution < 1.29 is 13.6 Å². The molecule has 0 aliphatic rings. The smallest absolute Gasteiger partial charge is 0.239 e. The third-order valence-electron chi connectivity index (χ3n) is 4.74. The molecule has 0 saturated carbocycles. The number of hydrogen-bond donors (Lipinski definition) is 2. The molecule has 1 aromatic carbocycles. The quantitative estimate of drug-likeness (QED) is 0.240. The van der Waals surface area contributed by atoms with Gasteiger partial charge in [-0.3, -0.25) is 4.79 Å². The van der Waals surface area contributed by atoms with Crippen molar-refractivity contribution in [3.05, 3.63) is 71.5 Å². The molecular weight excluding hydrogens is 480 g/mol. The van der Waals surface area contributed by atoms with Gasteiger partial charge in [0, 0.05) is 16.0 Å². The fourth-order valence-corrected chi connectivity index (χ4v) is 4.76. The number of hydrogen-bond acceptors (Lipinski definition) is 7. The van der Waals surface area contributed by atoms with Crippen molar-refractivity contribution >= 4 is 45.7 Å². The van der Waals surface area contributed by atoms with E-state index < -0.39 is 5.25 Å². The average molecular weight is 497 g/mol. The van der Waals surface area contributed by atoms with E-state index in [1.54, 1.807) is 24.7 Å². The Morgan fingerprint density at radius 1 is 1.09 bits per heavy atom. The Bertz CT molecular complexity index is 1310. The minimum atomic E-state index is -0.423. The lowest BCUT2D eigenvalue weighted by Gasteiger charge is -2.08. The van der Waals surface area contributed by atoms with Crippen LogP contribution in [0.5, 0.6) is 0 Å². The number of aromatic nitrogens is 3. The number of aromatic amines is 1. The summed E-state index contributed by atoms with van der Waals surface area (Å²) < 4.78 is 11.1. The Hall–Kier alpha value is -3.27. The molecule has 5 rings (SSSR count). The highest BCUT2D eigenvalue weighted by molar-refractivity contribution is 8.00. The number of nitrogens with zero attached hydrogens (tertiary/aromatic N) is 2. The van der Waals surface area contributed by atoms with Gasteiger partial charge in [-0.2, -0.15) is 0 Å². The Kier molecular flexibility index (Phi) is 6.08. The number of carbonyl (C=O) groups is 1. The Labute approximate surface area is 202 Å². The topological polar surface area (TPSA) is 97.0 Å². The molecule has 1 unspecified atom stereocenters. The van der Waals surface area contributed by atoms with Gasteiger partial charge in [-0.15, -0.1) is 11.3 Å². The lowest BCUT2D eigenvalue weighted by Crippen LogP contribution is -2.22. The second-order valence-electron chi connectivity index (χ2n) is 7.01. The van der Waals surface area contributed by atoms with E-state index in [2.05, 4.69) is 20.3 Å². The molecule has 0 bridgehead atoms. The molecule has 10 heteroatoms. The zero-order chi connectivity index (χ0) is 22.8. The maximum absolute atomic E-state index is 12.8. The molecule has 0 aliphatic carbocycles. The number of amides is 1. The molecule has 33 heavy (non-hydrogen) atoms. The van der Waals surface area contributed by atoms with Crippen molar-refractivity contribution in [2.75, 3.05) is 5.32 Å². The standard InChI is InChI=1S/C23H17ClN4O3S2/c1-13(21(29)28-22-25-16(12-32-22)14-6-8-15(24)9-7-14)33-23-26-19(17-4-2-10-30-17)20(27-23)18-5-3-11-31-18/h2-13H,1H3,(H,26,27)(H,25,28,29). The summed E-state index contributed by atoms with van der Waals surface area (Å²) in [6.07, 6.45) is 3.18. The molecule has 4 heterocycles. The normalized spacial score (nSPS) is 12.1. The highest BCUT2D eigenvalue weighted by Crippen LogP contribution is 2.34. The predicted octanol–water partition coefficient (Wildman–Crippen LogP) is 6.83. The number of furan rings is 2. The highest BCUT2D eigenvalue weighted by Gasteiger charge is 2.22. The monoisotopic (exact) mass is 496 g/mol. The van der Waals surface area contributed by atoms with Gasteiger partial charge in [0.1, 0.15) is 11.4 Å². The molecule has 4 aromatic heterocycles. The van der Waals surface area contributed by atoms with Crippen LogP contribution in [-0.4, -0.2) is 26.1 Å². The van der Waals surface area contributed by atoms with Crippen molar-refractivity contribution in [2.45, 2.75) is 17.3 Å². The van der Waals surface area contributed by atoms with E-state index in [-0.39, 0.29) is 5.91 Å². The molecule has 0 radical (unpaired) electrons. The van der Waals surface area contributed by atoms with E-state index in [4.69, 9.17) is 20.4 Å². The van der Waals surface area contributed by atoms with Gasteiger partial charge in [-0.25, -0.2) is 9.97 Å². The third kappa shape index (κ3) is 4.75. The molecular formula is C23H17ClN4O3S2. The first-order valence-corrected chi connectivity index (χ1v) is 12.1. The summed E-state index contributed by atoms with van der Waals surface area (Å²) >= 11 is 8.62. The number of thiazole rings is 1. The Morgan fingerprint density at radius 2 is 1.82 bits per heavy atom. The Balaban J connectivity index is 1.30. The number of anilines is 1. The van der Waals surface area contributed by atoms with E-state index >= 15 is 0 Å². The first-order valence-electron chi connectivity index (χ1n) is 9.93. The van der Waals surface area contributed by atoms with Crippen LogP contribution in [0.15, 0.2) is 80.4 Å². The largest absolute Gasteiger partial charge is 0.463 e. The molecule has 166 valence electrons. The summed E-state index contributed by atoms with van der Waals surface area (Å²) in [6.45, 7) is 1.81. The lowest BCUT2D eigenvalue weighted by atomic mass is 10.2. The molecule has 0 saturated heterocycles. The second-order valence-corrected chi connectivity index (χ2v) is 9.64. The van der Waals surface area contributed by atoms with Crippen molar-refractivity contribution in [3.8, 4) is 34.2 Å². The summed E-state index contributed by atoms with van der Waals surface area (Å²) in [6, 6.07) is 14.7. The molecule has 0 fully saturated rings. The van der Waals surface area contributed by atoms with Gasteiger partial charge in [0.2, 0.25) is 5.91 Å². The van der Waals surface area contributed by atoms with E-state index in [9.17, 15) is 4.79 Å². The molecule has 7 nitrogen and oxygen atoms in total. The van der Waals surface area contributed by atoms with Crippen LogP contribution in [0.3, 0.4) is 0 Å². The summed E-state index contributed by atoms with van der Waals surface area (Å²) in [4.78, 5) is 25.2.